The summed E-state index contributed by atoms with van der Waals surface area (Å²) in [7, 11) is 3.70. The molecule has 0 fully saturated rings. The van der Waals surface area contributed by atoms with E-state index in [2.05, 4.69) is 39.2 Å². The van der Waals surface area contributed by atoms with Crippen LogP contribution in [-0.2, 0) is 0 Å². The zero-order valence-electron chi connectivity index (χ0n) is 16.1. The van der Waals surface area contributed by atoms with Crippen molar-refractivity contribution in [3.05, 3.63) is 30.5 Å². The molecule has 4 rings (SSSR count). The lowest BCUT2D eigenvalue weighted by atomic mass is 10.2. The molecule has 3 heterocycles. The van der Waals surface area contributed by atoms with Gasteiger partial charge in [0, 0.05) is 37.9 Å². The Hall–Kier alpha value is -3.03. The summed E-state index contributed by atoms with van der Waals surface area (Å²) < 4.78 is 8.41. The van der Waals surface area contributed by atoms with Crippen molar-refractivity contribution < 1.29 is 5.11 Å². The van der Waals surface area contributed by atoms with Gasteiger partial charge in [0.25, 0.3) is 0 Å². The van der Waals surface area contributed by atoms with Crippen molar-refractivity contribution in [1.82, 2.24) is 18.7 Å². The smallest absolute Gasteiger partial charge is 0.250 e. The second-order valence-corrected chi connectivity index (χ2v) is 8.31. The van der Waals surface area contributed by atoms with Gasteiger partial charge in [0.05, 0.1) is 11.1 Å². The van der Waals surface area contributed by atoms with Crippen LogP contribution >= 0.6 is 34.8 Å². The molecule has 0 amide bonds. The molecule has 0 radical (unpaired) electrons. The first kappa shape index (κ1) is 20.3. The fourth-order valence-corrected chi connectivity index (χ4v) is 4.14. The van der Waals surface area contributed by atoms with Crippen molar-refractivity contribution in [2.24, 2.45) is 20.5 Å². The lowest BCUT2D eigenvalue weighted by Gasteiger charge is -2.15. The molecule has 152 valence electrons. The Morgan fingerprint density at radius 2 is 1.87 bits per heavy atom. The third-order valence-corrected chi connectivity index (χ3v) is 5.86. The molecule has 0 spiro atoms. The number of pyridine rings is 1. The largest absolute Gasteiger partial charge is 0.506 e. The van der Waals surface area contributed by atoms with Gasteiger partial charge in [0.1, 0.15) is 17.1 Å². The number of benzene rings is 1. The van der Waals surface area contributed by atoms with Crippen LogP contribution in [0.3, 0.4) is 0 Å². The maximum Gasteiger partial charge on any atom is 0.250 e. The molecular weight excluding hydrogens is 442 g/mol. The van der Waals surface area contributed by atoms with Crippen LogP contribution in [0.1, 0.15) is 0 Å². The number of hydrogen-bond donors (Lipinski definition) is 1. The number of phenolic OH excluding ortho intramolecular Hbond substituents is 1. The number of thioether (sulfide) groups is 1. The van der Waals surface area contributed by atoms with E-state index in [0.717, 1.165) is 5.39 Å². The molecule has 4 aromatic rings. The number of azo groups is 2. The van der Waals surface area contributed by atoms with Crippen molar-refractivity contribution in [2.75, 3.05) is 25.3 Å². The molecule has 0 aliphatic carbocycles. The molecule has 1 aromatic carbocycles. The fourth-order valence-electron chi connectivity index (χ4n) is 2.44. The molecule has 13 heteroatoms. The second-order valence-electron chi connectivity index (χ2n) is 6.05. The summed E-state index contributed by atoms with van der Waals surface area (Å²) in [6.45, 7) is 0. The van der Waals surface area contributed by atoms with Gasteiger partial charge in [-0.15, -0.1) is 20.5 Å². The van der Waals surface area contributed by atoms with E-state index in [1.165, 1.54) is 34.8 Å². The highest BCUT2D eigenvalue weighted by molar-refractivity contribution is 7.98. The minimum atomic E-state index is -0.0195. The lowest BCUT2D eigenvalue weighted by Crippen LogP contribution is -2.08. The Morgan fingerprint density at radius 3 is 2.63 bits per heavy atom. The molecule has 0 saturated heterocycles. The van der Waals surface area contributed by atoms with E-state index in [1.807, 2.05) is 37.4 Å². The standard InChI is InChI=1S/C17H15N9OS3/c1-26(2)12-8-13(27)11(7-10(12)20-23-16-19-17(28-3)25-30-16)21-22-15-9-5-4-6-18-14(9)24-29-15/h4-8,27H,1-3H3. The number of aromatic nitrogens is 4. The zero-order valence-corrected chi connectivity index (χ0v) is 18.5. The van der Waals surface area contributed by atoms with E-state index in [1.54, 1.807) is 18.3 Å². The third kappa shape index (κ3) is 4.27. The van der Waals surface area contributed by atoms with Crippen molar-refractivity contribution in [3.8, 4) is 5.75 Å². The van der Waals surface area contributed by atoms with Gasteiger partial charge in [-0.05, 0) is 36.0 Å². The molecule has 0 aliphatic heterocycles. The highest BCUT2D eigenvalue weighted by Crippen LogP contribution is 2.41. The Morgan fingerprint density at radius 1 is 1.03 bits per heavy atom. The summed E-state index contributed by atoms with van der Waals surface area (Å²) in [5, 5.41) is 29.8. The molecule has 30 heavy (non-hydrogen) atoms. The molecule has 0 unspecified atom stereocenters. The minimum Gasteiger partial charge on any atom is -0.506 e. The second kappa shape index (κ2) is 8.77. The summed E-state index contributed by atoms with van der Waals surface area (Å²) >= 11 is 3.80. The van der Waals surface area contributed by atoms with E-state index < -0.39 is 0 Å². The van der Waals surface area contributed by atoms with E-state index in [-0.39, 0.29) is 11.4 Å². The maximum atomic E-state index is 10.4. The molecule has 0 saturated carbocycles. The summed E-state index contributed by atoms with van der Waals surface area (Å²) in [4.78, 5) is 10.3. The summed E-state index contributed by atoms with van der Waals surface area (Å²) in [6, 6.07) is 6.88. The van der Waals surface area contributed by atoms with Crippen LogP contribution in [0.25, 0.3) is 11.0 Å². The summed E-state index contributed by atoms with van der Waals surface area (Å²) in [5.41, 5.74) is 2.07. The Labute approximate surface area is 183 Å². The zero-order chi connectivity index (χ0) is 21.1. The van der Waals surface area contributed by atoms with Crippen LogP contribution in [0, 0.1) is 0 Å². The monoisotopic (exact) mass is 457 g/mol. The lowest BCUT2D eigenvalue weighted by molar-refractivity contribution is 0.476. The average molecular weight is 458 g/mol. The van der Waals surface area contributed by atoms with Gasteiger partial charge in [0.2, 0.25) is 10.3 Å². The summed E-state index contributed by atoms with van der Waals surface area (Å²) in [5.74, 6) is -0.0195. The Bertz CT molecular complexity index is 1250. The molecule has 0 atom stereocenters. The van der Waals surface area contributed by atoms with Gasteiger partial charge >= 0.3 is 0 Å². The molecule has 10 nitrogen and oxygen atoms in total. The highest BCUT2D eigenvalue weighted by atomic mass is 32.2. The predicted molar refractivity (Wildman–Crippen MR) is 120 cm³/mol. The van der Waals surface area contributed by atoms with Gasteiger partial charge in [-0.3, -0.25) is 0 Å². The first-order valence-electron chi connectivity index (χ1n) is 8.51. The van der Waals surface area contributed by atoms with Crippen molar-refractivity contribution in [3.63, 3.8) is 0 Å². The van der Waals surface area contributed by atoms with E-state index >= 15 is 0 Å². The highest BCUT2D eigenvalue weighted by Gasteiger charge is 2.12. The van der Waals surface area contributed by atoms with Crippen LogP contribution in [0.2, 0.25) is 0 Å². The number of phenols is 1. The first-order chi connectivity index (χ1) is 14.5. The number of nitrogens with zero attached hydrogens (tertiary/aromatic N) is 9. The van der Waals surface area contributed by atoms with Crippen LogP contribution in [-0.4, -0.2) is 44.2 Å². The van der Waals surface area contributed by atoms with Gasteiger partial charge in [-0.25, -0.2) is 4.98 Å². The molecule has 3 aromatic heterocycles. The number of rotatable bonds is 6. The minimum absolute atomic E-state index is 0.0195. The molecule has 1 N–H and O–H groups in total. The van der Waals surface area contributed by atoms with Crippen LogP contribution in [0.5, 0.6) is 5.75 Å². The van der Waals surface area contributed by atoms with E-state index in [0.29, 0.717) is 32.3 Å². The van der Waals surface area contributed by atoms with Crippen molar-refractivity contribution in [2.45, 2.75) is 5.16 Å². The van der Waals surface area contributed by atoms with Crippen molar-refractivity contribution in [1.29, 1.82) is 0 Å². The molecule has 0 aliphatic rings. The van der Waals surface area contributed by atoms with E-state index in [4.69, 9.17) is 0 Å². The van der Waals surface area contributed by atoms with Gasteiger partial charge in [0.15, 0.2) is 10.6 Å². The molecule has 0 bridgehead atoms. The average Bonchev–Trinajstić information content (AvgIpc) is 3.38. The van der Waals surface area contributed by atoms with Gasteiger partial charge in [-0.1, -0.05) is 11.8 Å². The Kier molecular flexibility index (Phi) is 5.92. The van der Waals surface area contributed by atoms with Crippen LogP contribution in [0.15, 0.2) is 56.1 Å². The number of hydrogen-bond acceptors (Lipinski definition) is 13. The van der Waals surface area contributed by atoms with Crippen LogP contribution in [0.4, 0.5) is 27.2 Å². The quantitative estimate of drug-likeness (QED) is 0.284. The SMILES string of the molecule is CSc1nsc(N=Nc2cc(N=Nc3snc4ncccc34)c(O)cc2N(C)C)n1. The van der Waals surface area contributed by atoms with E-state index in [9.17, 15) is 5.11 Å². The van der Waals surface area contributed by atoms with Gasteiger partial charge in [-0.2, -0.15) is 13.7 Å². The fraction of sp³-hybridized carbons (Fsp3) is 0.176. The van der Waals surface area contributed by atoms with Crippen molar-refractivity contribution >= 4 is 73.1 Å². The van der Waals surface area contributed by atoms with Gasteiger partial charge < -0.3 is 10.0 Å². The Balaban J connectivity index is 1.69. The third-order valence-electron chi connectivity index (χ3n) is 3.86. The topological polar surface area (TPSA) is 124 Å². The first-order valence-corrected chi connectivity index (χ1v) is 11.3. The van der Waals surface area contributed by atoms with Crippen LogP contribution < -0.4 is 4.90 Å². The number of fused-ring (bicyclic) bond motifs is 1. The predicted octanol–water partition coefficient (Wildman–Crippen LogP) is 5.87. The normalized spacial score (nSPS) is 11.8. The number of aromatic hydroxyl groups is 1. The number of anilines is 1. The summed E-state index contributed by atoms with van der Waals surface area (Å²) in [6.07, 6.45) is 3.57. The molecular formula is C17H15N9OS3. The maximum absolute atomic E-state index is 10.4.